The maximum atomic E-state index is 13.4. The fourth-order valence-corrected chi connectivity index (χ4v) is 11.8. The molecule has 8 nitrogen and oxygen atoms in total. The molecule has 0 aliphatic carbocycles. The lowest BCUT2D eigenvalue weighted by Gasteiger charge is -2.42. The van der Waals surface area contributed by atoms with Crippen LogP contribution in [0.3, 0.4) is 0 Å². The molecule has 2 atom stereocenters. The van der Waals surface area contributed by atoms with Crippen molar-refractivity contribution in [2.45, 2.75) is 303 Å². The molecule has 1 N–H and O–H groups in total. The summed E-state index contributed by atoms with van der Waals surface area (Å²) in [5, 5.41) is 10.7. The van der Waals surface area contributed by atoms with E-state index < -0.39 is 22.6 Å². The van der Waals surface area contributed by atoms with Crippen molar-refractivity contribution in [3.05, 3.63) is 17.7 Å². The predicted octanol–water partition coefficient (Wildman–Crippen LogP) is 18.8. The van der Waals surface area contributed by atoms with Gasteiger partial charge in [0.2, 0.25) is 5.75 Å². The van der Waals surface area contributed by atoms with Gasteiger partial charge in [0, 0.05) is 19.6 Å². The quantitative estimate of drug-likeness (QED) is 0.0393. The summed E-state index contributed by atoms with van der Waals surface area (Å²) in [5.74, 6) is -0.243. The number of benzene rings is 1. The van der Waals surface area contributed by atoms with E-state index >= 15 is 0 Å². The summed E-state index contributed by atoms with van der Waals surface area (Å²) in [6.45, 7) is 31.1. The topological polar surface area (TPSA) is 86.7 Å². The molecule has 10 heteroatoms. The van der Waals surface area contributed by atoms with E-state index in [0.717, 1.165) is 32.5 Å². The highest BCUT2D eigenvalue weighted by molar-refractivity contribution is 6.74. The van der Waals surface area contributed by atoms with Crippen molar-refractivity contribution in [3.8, 4) is 17.2 Å². The van der Waals surface area contributed by atoms with Crippen LogP contribution in [0.2, 0.25) is 36.3 Å². The van der Waals surface area contributed by atoms with Crippen molar-refractivity contribution in [1.82, 2.24) is 4.90 Å². The minimum Gasteiger partial charge on any atom is -0.502 e. The first-order chi connectivity index (χ1) is 33.2. The highest BCUT2D eigenvalue weighted by Crippen LogP contribution is 2.40. The molecule has 0 aliphatic rings. The van der Waals surface area contributed by atoms with E-state index in [0.29, 0.717) is 6.42 Å². The van der Waals surface area contributed by atoms with Gasteiger partial charge in [-0.2, -0.15) is 0 Å². The molecule has 0 bridgehead atoms. The van der Waals surface area contributed by atoms with Crippen LogP contribution in [-0.2, 0) is 13.6 Å². The lowest BCUT2D eigenvalue weighted by molar-refractivity contribution is 0.0434. The Morgan fingerprint density at radius 2 is 0.814 bits per heavy atom. The minimum absolute atomic E-state index is 0.112. The third kappa shape index (κ3) is 29.9. The van der Waals surface area contributed by atoms with Crippen molar-refractivity contribution >= 4 is 22.6 Å². The molecule has 0 radical (unpaired) electrons. The van der Waals surface area contributed by atoms with E-state index in [2.05, 4.69) is 86.5 Å². The normalized spacial score (nSPS) is 13.5. The van der Waals surface area contributed by atoms with Crippen LogP contribution in [0.1, 0.15) is 265 Å². The number of ether oxygens (including phenoxy) is 3. The van der Waals surface area contributed by atoms with Gasteiger partial charge in [-0.25, -0.2) is 4.79 Å². The molecule has 70 heavy (non-hydrogen) atoms. The first-order valence-corrected chi connectivity index (χ1v) is 35.2. The number of hydrogen-bond acceptors (Lipinski definition) is 8. The number of aromatic hydroxyl groups is 1. The number of carbonyl (C=O) groups excluding carboxylic acids is 1. The first-order valence-electron chi connectivity index (χ1n) is 29.4. The summed E-state index contributed by atoms with van der Waals surface area (Å²) in [4.78, 5) is 16.0. The molecular formula is C60H117NO7Si2. The van der Waals surface area contributed by atoms with Gasteiger partial charge in [0.1, 0.15) is 0 Å². The molecule has 0 fully saturated rings. The van der Waals surface area contributed by atoms with Gasteiger partial charge in [-0.05, 0) is 67.7 Å². The average Bonchev–Trinajstić information content (AvgIpc) is 3.29. The zero-order chi connectivity index (χ0) is 52.3. The maximum Gasteiger partial charge on any atom is 0.338 e. The third-order valence-electron chi connectivity index (χ3n) is 15.8. The highest BCUT2D eigenvalue weighted by atomic mass is 28.4. The van der Waals surface area contributed by atoms with E-state index in [4.69, 9.17) is 23.1 Å². The van der Waals surface area contributed by atoms with Crippen molar-refractivity contribution in [3.63, 3.8) is 0 Å². The lowest BCUT2D eigenvalue weighted by atomic mass is 10.0. The molecule has 0 saturated heterocycles. The Balaban J connectivity index is 3.14. The van der Waals surface area contributed by atoms with Gasteiger partial charge in [-0.3, -0.25) is 4.90 Å². The number of esters is 1. The monoisotopic (exact) mass is 1020 g/mol. The second kappa shape index (κ2) is 38.0. The molecule has 0 aromatic heterocycles. The number of rotatable bonds is 45. The van der Waals surface area contributed by atoms with Crippen LogP contribution in [0.25, 0.3) is 0 Å². The van der Waals surface area contributed by atoms with E-state index in [-0.39, 0.29) is 51.7 Å². The number of methoxy groups -OCH3 is 2. The third-order valence-corrected chi connectivity index (χ3v) is 24.9. The number of nitrogens with zero attached hydrogens (tertiary/aromatic N) is 1. The molecule has 1 rings (SSSR count). The molecule has 1 aromatic rings. The Bertz CT molecular complexity index is 1350. The van der Waals surface area contributed by atoms with Crippen LogP contribution >= 0.6 is 0 Å². The minimum atomic E-state index is -2.07. The van der Waals surface area contributed by atoms with Crippen molar-refractivity contribution < 1.29 is 33.0 Å². The summed E-state index contributed by atoms with van der Waals surface area (Å²) >= 11 is 0. The second-order valence-corrected chi connectivity index (χ2v) is 33.8. The Morgan fingerprint density at radius 1 is 0.514 bits per heavy atom. The number of phenols is 1. The van der Waals surface area contributed by atoms with Gasteiger partial charge in [0.15, 0.2) is 28.1 Å². The largest absolute Gasteiger partial charge is 0.502 e. The van der Waals surface area contributed by atoms with Gasteiger partial charge in [-0.1, -0.05) is 235 Å². The highest BCUT2D eigenvalue weighted by Gasteiger charge is 2.41. The number of phenolic OH excluding ortho intramolecular Hbond substituents is 1. The summed E-state index contributed by atoms with van der Waals surface area (Å²) in [5.41, 5.74) is 0.287. The van der Waals surface area contributed by atoms with E-state index in [1.54, 1.807) is 0 Å². The second-order valence-electron chi connectivity index (χ2n) is 24.2. The predicted molar refractivity (Wildman–Crippen MR) is 307 cm³/mol. The zero-order valence-electron chi connectivity index (χ0n) is 48.9. The van der Waals surface area contributed by atoms with Crippen LogP contribution in [0, 0.1) is 0 Å². The lowest BCUT2D eigenvalue weighted by Crippen LogP contribution is -2.50. The van der Waals surface area contributed by atoms with Crippen LogP contribution in [0.15, 0.2) is 12.1 Å². The summed E-state index contributed by atoms with van der Waals surface area (Å²) < 4.78 is 31.2. The van der Waals surface area contributed by atoms with E-state index in [1.165, 1.54) is 206 Å². The fraction of sp³-hybridized carbons (Fsp3) is 0.883. The smallest absolute Gasteiger partial charge is 0.338 e. The van der Waals surface area contributed by atoms with Gasteiger partial charge in [0.05, 0.1) is 38.6 Å². The molecule has 1 aromatic carbocycles. The molecule has 412 valence electrons. The first kappa shape index (κ1) is 66.4. The number of unbranched alkanes of at least 4 members (excludes halogenated alkanes) is 26. The average molecular weight is 1020 g/mol. The Kier molecular flexibility index (Phi) is 36.1. The van der Waals surface area contributed by atoms with Gasteiger partial charge in [0.25, 0.3) is 0 Å². The van der Waals surface area contributed by atoms with Crippen molar-refractivity contribution in [2.24, 2.45) is 0 Å². The van der Waals surface area contributed by atoms with Crippen LogP contribution < -0.4 is 9.47 Å². The van der Waals surface area contributed by atoms with Crippen LogP contribution in [0.4, 0.5) is 0 Å². The molecule has 0 aliphatic heterocycles. The fourth-order valence-electron chi connectivity index (χ4n) is 9.08. The Hall–Kier alpha value is -1.60. The number of carbonyl (C=O) groups is 1. The standard InChI is InChI=1S/C60H117NO7Si2/c1-15-17-19-21-23-25-27-29-31-33-35-37-39-41-44-53(67-69(11,12)59(3,4)5)50-61(46-43-47-66-58(63)52-48-55(64-9)57(62)56(49-52)65-10)51-54(68-70(13,14)60(6,7)8)45-42-40-38-36-34-32-30-28-26-24-22-20-18-16-2/h48-49,53-54,62H,15-47,50-51H2,1-14H3. The van der Waals surface area contributed by atoms with Crippen molar-refractivity contribution in [1.29, 1.82) is 0 Å². The molecular weight excluding hydrogens is 903 g/mol. The Labute approximate surface area is 436 Å². The molecule has 0 spiro atoms. The van der Waals surface area contributed by atoms with E-state index in [1.807, 2.05) is 0 Å². The number of hydrogen-bond donors (Lipinski definition) is 1. The zero-order valence-corrected chi connectivity index (χ0v) is 50.9. The molecule has 0 heterocycles. The van der Waals surface area contributed by atoms with E-state index in [9.17, 15) is 9.90 Å². The summed E-state index contributed by atoms with van der Waals surface area (Å²) in [6.07, 6.45) is 41.1. The summed E-state index contributed by atoms with van der Waals surface area (Å²) in [7, 11) is -1.22. The molecule has 2 unspecified atom stereocenters. The SMILES string of the molecule is CCCCCCCCCCCCCCCCC(CN(CCCOC(=O)c1cc(OC)c(O)c(OC)c1)CC(CCCCCCCCCCCCCCCC)O[Si](C)(C)C(C)(C)C)O[Si](C)(C)C(C)(C)C. The van der Waals surface area contributed by atoms with Gasteiger partial charge < -0.3 is 28.2 Å². The molecule has 0 amide bonds. The van der Waals surface area contributed by atoms with Gasteiger partial charge >= 0.3 is 5.97 Å². The Morgan fingerprint density at radius 3 is 1.10 bits per heavy atom. The maximum absolute atomic E-state index is 13.4. The van der Waals surface area contributed by atoms with Crippen LogP contribution in [0.5, 0.6) is 17.2 Å². The van der Waals surface area contributed by atoms with Crippen molar-refractivity contribution in [2.75, 3.05) is 40.5 Å². The molecule has 0 saturated carbocycles. The van der Waals surface area contributed by atoms with Gasteiger partial charge in [-0.15, -0.1) is 0 Å². The summed E-state index contributed by atoms with van der Waals surface area (Å²) in [6, 6.07) is 3.01. The van der Waals surface area contributed by atoms with Crippen LogP contribution in [-0.4, -0.2) is 85.3 Å².